The van der Waals surface area contributed by atoms with Gasteiger partial charge in [0.1, 0.15) is 34.9 Å². The van der Waals surface area contributed by atoms with Crippen LogP contribution < -0.4 is 14.2 Å². The molecule has 37 heavy (non-hydrogen) atoms. The van der Waals surface area contributed by atoms with Gasteiger partial charge in [0, 0.05) is 5.92 Å². The molecule has 3 aromatic rings. The van der Waals surface area contributed by atoms with E-state index in [0.717, 1.165) is 12.8 Å². The first kappa shape index (κ1) is 26.8. The van der Waals surface area contributed by atoms with Gasteiger partial charge in [0.25, 0.3) is 0 Å². The molecule has 12 heteroatoms. The van der Waals surface area contributed by atoms with Crippen LogP contribution in [0.2, 0.25) is 0 Å². The lowest BCUT2D eigenvalue weighted by Gasteiger charge is -2.21. The van der Waals surface area contributed by atoms with Crippen molar-refractivity contribution < 1.29 is 27.4 Å². The van der Waals surface area contributed by atoms with Crippen LogP contribution in [0.25, 0.3) is 5.69 Å². The zero-order valence-corrected chi connectivity index (χ0v) is 22.7. The van der Waals surface area contributed by atoms with Crippen molar-refractivity contribution in [2.75, 3.05) is 21.3 Å². The Morgan fingerprint density at radius 3 is 2.22 bits per heavy atom. The number of benzene rings is 1. The predicted octanol–water partition coefficient (Wildman–Crippen LogP) is 3.43. The molecule has 0 saturated carbocycles. The number of sulfone groups is 1. The first-order chi connectivity index (χ1) is 17.7. The van der Waals surface area contributed by atoms with Gasteiger partial charge in [0.15, 0.2) is 27.2 Å². The zero-order chi connectivity index (χ0) is 26.7. The van der Waals surface area contributed by atoms with E-state index in [0.29, 0.717) is 34.6 Å². The molecule has 0 spiro atoms. The molecule has 0 amide bonds. The second-order valence-corrected chi connectivity index (χ2v) is 11.5. The maximum absolute atomic E-state index is 13.7. The minimum Gasteiger partial charge on any atom is -0.494 e. The maximum Gasteiger partial charge on any atom is 0.167 e. The van der Waals surface area contributed by atoms with Crippen LogP contribution in [0.4, 0.5) is 0 Å². The summed E-state index contributed by atoms with van der Waals surface area (Å²) < 4.78 is 51.5. The molecule has 0 N–H and O–H groups in total. The number of methoxy groups -OCH3 is 3. The summed E-state index contributed by atoms with van der Waals surface area (Å²) in [6.07, 6.45) is 4.39. The molecule has 11 nitrogen and oxygen atoms in total. The topological polar surface area (TPSA) is 128 Å². The molecule has 2 aromatic heterocycles. The van der Waals surface area contributed by atoms with Gasteiger partial charge < -0.3 is 18.9 Å². The van der Waals surface area contributed by atoms with Gasteiger partial charge in [-0.05, 0) is 38.8 Å². The highest BCUT2D eigenvalue weighted by Gasteiger charge is 2.35. The Kier molecular flexibility index (Phi) is 7.98. The predicted molar refractivity (Wildman–Crippen MR) is 136 cm³/mol. The number of para-hydroxylation sites is 1. The Bertz CT molecular complexity index is 1310. The largest absolute Gasteiger partial charge is 0.494 e. The average molecular weight is 532 g/mol. The number of nitrogens with zero attached hydrogens (tertiary/aromatic N) is 5. The van der Waals surface area contributed by atoms with Crippen molar-refractivity contribution in [3.8, 4) is 22.9 Å². The maximum atomic E-state index is 13.7. The van der Waals surface area contributed by atoms with Crippen LogP contribution >= 0.6 is 0 Å². The number of hydrogen-bond acceptors (Lipinski definition) is 10. The quantitative estimate of drug-likeness (QED) is 0.384. The van der Waals surface area contributed by atoms with Crippen molar-refractivity contribution in [2.24, 2.45) is 0 Å². The van der Waals surface area contributed by atoms with Crippen molar-refractivity contribution in [3.05, 3.63) is 48.1 Å². The van der Waals surface area contributed by atoms with E-state index < -0.39 is 21.0 Å². The lowest BCUT2D eigenvalue weighted by molar-refractivity contribution is 0.0491. The van der Waals surface area contributed by atoms with E-state index in [1.165, 1.54) is 19.5 Å². The van der Waals surface area contributed by atoms with Crippen molar-refractivity contribution in [1.82, 2.24) is 24.7 Å². The summed E-state index contributed by atoms with van der Waals surface area (Å²) in [7, 11) is 0.891. The molecule has 0 radical (unpaired) electrons. The van der Waals surface area contributed by atoms with Crippen molar-refractivity contribution in [1.29, 1.82) is 0 Å². The van der Waals surface area contributed by atoms with Crippen LogP contribution in [-0.2, 0) is 20.3 Å². The molecule has 200 valence electrons. The number of aromatic nitrogens is 5. The summed E-state index contributed by atoms with van der Waals surface area (Å²) in [6, 6.07) is 5.36. The third kappa shape index (κ3) is 5.40. The molecule has 0 bridgehead atoms. The zero-order valence-electron chi connectivity index (χ0n) is 21.9. The van der Waals surface area contributed by atoms with Gasteiger partial charge in [0.05, 0.1) is 45.1 Å². The summed E-state index contributed by atoms with van der Waals surface area (Å²) in [4.78, 5) is 8.56. The number of hydrogen-bond donors (Lipinski definition) is 0. The van der Waals surface area contributed by atoms with Crippen molar-refractivity contribution in [2.45, 2.75) is 62.7 Å². The fourth-order valence-electron chi connectivity index (χ4n) is 4.42. The van der Waals surface area contributed by atoms with Gasteiger partial charge in [-0.15, -0.1) is 10.2 Å². The lowest BCUT2D eigenvalue weighted by atomic mass is 10.1. The highest BCUT2D eigenvalue weighted by Crippen LogP contribution is 2.39. The van der Waals surface area contributed by atoms with Crippen LogP contribution in [0.3, 0.4) is 0 Å². The van der Waals surface area contributed by atoms with E-state index in [1.54, 1.807) is 50.8 Å². The van der Waals surface area contributed by atoms with E-state index in [4.69, 9.17) is 18.9 Å². The van der Waals surface area contributed by atoms with Gasteiger partial charge in [-0.3, -0.25) is 4.57 Å². The second-order valence-electron chi connectivity index (χ2n) is 9.12. The summed E-state index contributed by atoms with van der Waals surface area (Å²) in [5.74, 6) is 1.85. The smallest absolute Gasteiger partial charge is 0.167 e. The minimum atomic E-state index is -3.72. The van der Waals surface area contributed by atoms with Gasteiger partial charge in [-0.2, -0.15) is 0 Å². The standard InChI is InChI=1S/C25H33N5O6S/c1-15-10-11-21(36-15)25-29-28-22(30(25)23-19(34-5)8-7-9-20(23)35-6)14-37(31,32)17(3)16(2)24-26-12-18(33-4)13-27-24/h7-9,12-13,15-17,21H,10-11,14H2,1-6H3/t15-,16+,17+,21?/m1/s1. The molecular weight excluding hydrogens is 498 g/mol. The Hall–Kier alpha value is -3.25. The molecule has 1 fully saturated rings. The SMILES string of the molecule is COc1cnc([C@@H](C)[C@H](C)S(=O)(=O)Cc2nnc(C3CC[C@@H](C)O3)n2-c2c(OC)cccc2OC)nc1. The second kappa shape index (κ2) is 11.0. The first-order valence-electron chi connectivity index (χ1n) is 12.1. The fourth-order valence-corrected chi connectivity index (χ4v) is 5.97. The van der Waals surface area contributed by atoms with E-state index in [1.807, 2.05) is 6.92 Å². The molecule has 0 aliphatic carbocycles. The number of ether oxygens (including phenoxy) is 4. The molecule has 3 heterocycles. The molecular formula is C25H33N5O6S. The lowest BCUT2D eigenvalue weighted by Crippen LogP contribution is -2.27. The summed E-state index contributed by atoms with van der Waals surface area (Å²) in [5.41, 5.74) is 0.528. The van der Waals surface area contributed by atoms with Crippen molar-refractivity contribution >= 4 is 9.84 Å². The summed E-state index contributed by atoms with van der Waals surface area (Å²) in [5, 5.41) is 7.93. The van der Waals surface area contributed by atoms with Gasteiger partial charge in [-0.25, -0.2) is 18.4 Å². The Morgan fingerprint density at radius 1 is 1.03 bits per heavy atom. The van der Waals surface area contributed by atoms with E-state index in [-0.39, 0.29) is 23.8 Å². The first-order valence-corrected chi connectivity index (χ1v) is 13.8. The Morgan fingerprint density at radius 2 is 1.68 bits per heavy atom. The molecule has 4 rings (SSSR count). The van der Waals surface area contributed by atoms with Crippen LogP contribution in [0.15, 0.2) is 30.6 Å². The van der Waals surface area contributed by atoms with Crippen LogP contribution in [-0.4, -0.2) is 65.8 Å². The van der Waals surface area contributed by atoms with Crippen LogP contribution in [0, 0.1) is 0 Å². The van der Waals surface area contributed by atoms with E-state index >= 15 is 0 Å². The molecule has 1 unspecified atom stereocenters. The monoisotopic (exact) mass is 531 g/mol. The average Bonchev–Trinajstić information content (AvgIpc) is 3.52. The summed E-state index contributed by atoms with van der Waals surface area (Å²) in [6.45, 7) is 5.44. The molecule has 1 aliphatic rings. The van der Waals surface area contributed by atoms with Gasteiger partial charge >= 0.3 is 0 Å². The van der Waals surface area contributed by atoms with Gasteiger partial charge in [-0.1, -0.05) is 13.0 Å². The third-order valence-electron chi connectivity index (χ3n) is 6.79. The van der Waals surface area contributed by atoms with E-state index in [9.17, 15) is 8.42 Å². The minimum absolute atomic E-state index is 0.0623. The molecule has 1 saturated heterocycles. The van der Waals surface area contributed by atoms with Crippen LogP contribution in [0.1, 0.15) is 63.1 Å². The van der Waals surface area contributed by atoms with E-state index in [2.05, 4.69) is 20.2 Å². The Balaban J connectivity index is 1.75. The fraction of sp³-hybridized carbons (Fsp3) is 0.520. The highest BCUT2D eigenvalue weighted by molar-refractivity contribution is 7.91. The Labute approximate surface area is 217 Å². The van der Waals surface area contributed by atoms with Crippen molar-refractivity contribution in [3.63, 3.8) is 0 Å². The summed E-state index contributed by atoms with van der Waals surface area (Å²) >= 11 is 0. The van der Waals surface area contributed by atoms with Crippen LogP contribution in [0.5, 0.6) is 17.2 Å². The molecule has 4 atom stereocenters. The normalized spacial score (nSPS) is 19.4. The van der Waals surface area contributed by atoms with Gasteiger partial charge in [0.2, 0.25) is 0 Å². The molecule has 1 aliphatic heterocycles. The third-order valence-corrected chi connectivity index (χ3v) is 8.99. The number of rotatable bonds is 10. The highest BCUT2D eigenvalue weighted by atomic mass is 32.2. The molecule has 1 aromatic carbocycles.